The van der Waals surface area contributed by atoms with Crippen molar-refractivity contribution in [2.75, 3.05) is 6.61 Å². The van der Waals surface area contributed by atoms with Crippen LogP contribution in [-0.4, -0.2) is 27.6 Å². The molecule has 0 bridgehead atoms. The summed E-state index contributed by atoms with van der Waals surface area (Å²) in [5.74, 6) is 0.748. The Bertz CT molecular complexity index is 233. The van der Waals surface area contributed by atoms with E-state index in [1.54, 1.807) is 24.0 Å². The minimum Gasteiger partial charge on any atom is -0.491 e. The van der Waals surface area contributed by atoms with Crippen LogP contribution in [0.4, 0.5) is 0 Å². The third-order valence-electron chi connectivity index (χ3n) is 1.37. The number of hydrogen-bond donors (Lipinski definition) is 1. The van der Waals surface area contributed by atoms with Gasteiger partial charge in [0.2, 0.25) is 0 Å². The van der Waals surface area contributed by atoms with Crippen molar-refractivity contribution in [2.45, 2.75) is 26.5 Å². The van der Waals surface area contributed by atoms with Crippen molar-refractivity contribution in [3.63, 3.8) is 0 Å². The zero-order valence-electron chi connectivity index (χ0n) is 7.40. The van der Waals surface area contributed by atoms with Gasteiger partial charge in [-0.25, -0.2) is 0 Å². The van der Waals surface area contributed by atoms with Gasteiger partial charge in [0.05, 0.1) is 31.6 Å². The first-order valence-electron chi connectivity index (χ1n) is 4.05. The van der Waals surface area contributed by atoms with E-state index in [1.165, 1.54) is 0 Å². The van der Waals surface area contributed by atoms with Crippen molar-refractivity contribution in [3.05, 3.63) is 12.4 Å². The van der Waals surface area contributed by atoms with Gasteiger partial charge < -0.3 is 9.84 Å². The van der Waals surface area contributed by atoms with Crippen molar-refractivity contribution < 1.29 is 9.84 Å². The van der Waals surface area contributed by atoms with Crippen LogP contribution in [-0.2, 0) is 6.54 Å². The maximum absolute atomic E-state index is 9.04. The number of ether oxygens (including phenoxy) is 1. The highest BCUT2D eigenvalue weighted by Crippen LogP contribution is 2.07. The van der Waals surface area contributed by atoms with Gasteiger partial charge in [0.15, 0.2) is 5.75 Å². The molecule has 12 heavy (non-hydrogen) atoms. The van der Waals surface area contributed by atoms with Crippen LogP contribution in [0.25, 0.3) is 0 Å². The fourth-order valence-corrected chi connectivity index (χ4v) is 0.956. The molecule has 0 radical (unpaired) electrons. The zero-order chi connectivity index (χ0) is 8.97. The first kappa shape index (κ1) is 9.06. The normalized spacial score (nSPS) is 12.9. The van der Waals surface area contributed by atoms with Gasteiger partial charge in [-0.3, -0.25) is 4.68 Å². The smallest absolute Gasteiger partial charge is 0.157 e. The van der Waals surface area contributed by atoms with E-state index in [0.29, 0.717) is 13.2 Å². The molecule has 0 aliphatic carbocycles. The largest absolute Gasteiger partial charge is 0.491 e. The maximum atomic E-state index is 9.04. The maximum Gasteiger partial charge on any atom is 0.157 e. The second kappa shape index (κ2) is 4.11. The van der Waals surface area contributed by atoms with E-state index in [0.717, 1.165) is 5.75 Å². The van der Waals surface area contributed by atoms with Crippen LogP contribution in [0.15, 0.2) is 12.4 Å². The average molecular weight is 170 g/mol. The molecule has 0 spiro atoms. The van der Waals surface area contributed by atoms with E-state index < -0.39 is 0 Å². The summed E-state index contributed by atoms with van der Waals surface area (Å²) >= 11 is 0. The van der Waals surface area contributed by atoms with E-state index in [4.69, 9.17) is 9.84 Å². The first-order chi connectivity index (χ1) is 5.72. The van der Waals surface area contributed by atoms with Gasteiger partial charge in [-0.2, -0.15) is 5.10 Å². The van der Waals surface area contributed by atoms with Crippen LogP contribution < -0.4 is 4.74 Å². The zero-order valence-corrected chi connectivity index (χ0v) is 7.40. The van der Waals surface area contributed by atoms with E-state index in [9.17, 15) is 0 Å². The Balaban J connectivity index is 2.52. The summed E-state index contributed by atoms with van der Waals surface area (Å²) in [5.41, 5.74) is 0. The summed E-state index contributed by atoms with van der Waals surface area (Å²) < 4.78 is 6.87. The van der Waals surface area contributed by atoms with Crippen LogP contribution in [0, 0.1) is 0 Å². The second-order valence-electron chi connectivity index (χ2n) is 2.68. The van der Waals surface area contributed by atoms with Crippen molar-refractivity contribution in [1.29, 1.82) is 0 Å². The lowest BCUT2D eigenvalue weighted by atomic mass is 10.4. The highest BCUT2D eigenvalue weighted by Gasteiger charge is 2.00. The summed E-state index contributed by atoms with van der Waals surface area (Å²) in [6, 6.07) is 0. The molecule has 1 unspecified atom stereocenters. The molecule has 1 aromatic heterocycles. The third-order valence-corrected chi connectivity index (χ3v) is 1.37. The van der Waals surface area contributed by atoms with Crippen LogP contribution in [0.3, 0.4) is 0 Å². The van der Waals surface area contributed by atoms with Crippen molar-refractivity contribution in [3.8, 4) is 5.75 Å². The quantitative estimate of drug-likeness (QED) is 0.722. The topological polar surface area (TPSA) is 47.3 Å². The van der Waals surface area contributed by atoms with E-state index >= 15 is 0 Å². The molecule has 1 rings (SSSR count). The highest BCUT2D eigenvalue weighted by molar-refractivity contribution is 5.11. The molecule has 0 aliphatic rings. The fourth-order valence-electron chi connectivity index (χ4n) is 0.956. The lowest BCUT2D eigenvalue weighted by Crippen LogP contribution is -2.11. The monoisotopic (exact) mass is 170 g/mol. The van der Waals surface area contributed by atoms with Crippen LogP contribution >= 0.6 is 0 Å². The van der Waals surface area contributed by atoms with Gasteiger partial charge in [0.1, 0.15) is 0 Å². The Morgan fingerprint density at radius 2 is 2.50 bits per heavy atom. The van der Waals surface area contributed by atoms with Crippen LogP contribution in [0.1, 0.15) is 13.8 Å². The Hall–Kier alpha value is -1.03. The number of aliphatic hydroxyl groups excluding tert-OH is 1. The molecule has 4 heteroatoms. The molecule has 0 amide bonds. The minimum atomic E-state index is -0.376. The van der Waals surface area contributed by atoms with Crippen molar-refractivity contribution >= 4 is 0 Å². The van der Waals surface area contributed by atoms with Crippen molar-refractivity contribution in [2.24, 2.45) is 0 Å². The molecule has 4 nitrogen and oxygen atoms in total. The van der Waals surface area contributed by atoms with Crippen LogP contribution in [0.2, 0.25) is 0 Å². The van der Waals surface area contributed by atoms with E-state index in [2.05, 4.69) is 5.10 Å². The van der Waals surface area contributed by atoms with Gasteiger partial charge in [-0.15, -0.1) is 0 Å². The molecular formula is C8H14N2O2. The molecule has 68 valence electrons. The SMILES string of the molecule is CCOc1cnn(CC(C)O)c1. The molecule has 0 aliphatic heterocycles. The molecule has 0 saturated carbocycles. The summed E-state index contributed by atoms with van der Waals surface area (Å²) in [6.45, 7) is 4.79. The molecule has 0 aromatic carbocycles. The Labute approximate surface area is 71.8 Å². The number of aliphatic hydroxyl groups is 1. The van der Waals surface area contributed by atoms with Gasteiger partial charge in [0, 0.05) is 0 Å². The predicted octanol–water partition coefficient (Wildman–Crippen LogP) is 0.663. The Morgan fingerprint density at radius 1 is 1.75 bits per heavy atom. The summed E-state index contributed by atoms with van der Waals surface area (Å²) in [5, 5.41) is 13.0. The fraction of sp³-hybridized carbons (Fsp3) is 0.625. The molecular weight excluding hydrogens is 156 g/mol. The molecule has 1 heterocycles. The number of rotatable bonds is 4. The Kier molecular flexibility index (Phi) is 3.10. The first-order valence-corrected chi connectivity index (χ1v) is 4.05. The average Bonchev–Trinajstić information content (AvgIpc) is 2.36. The van der Waals surface area contributed by atoms with Gasteiger partial charge in [0.25, 0.3) is 0 Å². The highest BCUT2D eigenvalue weighted by atomic mass is 16.5. The van der Waals surface area contributed by atoms with Crippen molar-refractivity contribution in [1.82, 2.24) is 9.78 Å². The van der Waals surface area contributed by atoms with E-state index in [1.807, 2.05) is 6.92 Å². The molecule has 1 atom stereocenters. The minimum absolute atomic E-state index is 0.376. The Morgan fingerprint density at radius 3 is 3.08 bits per heavy atom. The molecule has 0 saturated heterocycles. The predicted molar refractivity (Wildman–Crippen MR) is 45.1 cm³/mol. The lowest BCUT2D eigenvalue weighted by Gasteiger charge is -2.02. The van der Waals surface area contributed by atoms with E-state index in [-0.39, 0.29) is 6.10 Å². The summed E-state index contributed by atoms with van der Waals surface area (Å²) in [4.78, 5) is 0. The van der Waals surface area contributed by atoms with Crippen LogP contribution in [0.5, 0.6) is 5.75 Å². The standard InChI is InChI=1S/C8H14N2O2/c1-3-12-8-4-9-10(6-8)5-7(2)11/h4,6-7,11H,3,5H2,1-2H3. The second-order valence-corrected chi connectivity index (χ2v) is 2.68. The summed E-state index contributed by atoms with van der Waals surface area (Å²) in [6.07, 6.45) is 3.04. The van der Waals surface area contributed by atoms with Gasteiger partial charge in [-0.05, 0) is 13.8 Å². The van der Waals surface area contributed by atoms with Gasteiger partial charge >= 0.3 is 0 Å². The number of aromatic nitrogens is 2. The summed E-state index contributed by atoms with van der Waals surface area (Å²) in [7, 11) is 0. The number of nitrogens with zero attached hydrogens (tertiary/aromatic N) is 2. The van der Waals surface area contributed by atoms with Gasteiger partial charge in [-0.1, -0.05) is 0 Å². The lowest BCUT2D eigenvalue weighted by molar-refractivity contribution is 0.168. The molecule has 0 fully saturated rings. The molecule has 1 N–H and O–H groups in total. The number of hydrogen-bond acceptors (Lipinski definition) is 3. The third kappa shape index (κ3) is 2.54. The molecule has 1 aromatic rings.